The fraction of sp³-hybridized carbons (Fsp3) is 0.412. The van der Waals surface area contributed by atoms with Crippen molar-refractivity contribution in [1.29, 1.82) is 0 Å². The Balaban J connectivity index is 1.44. The summed E-state index contributed by atoms with van der Waals surface area (Å²) in [6.07, 6.45) is 7.09. The number of tetrazole rings is 1. The molecule has 2 aliphatic rings. The van der Waals surface area contributed by atoms with E-state index in [9.17, 15) is 4.79 Å². The molecule has 118 valence electrons. The monoisotopic (exact) mass is 309 g/mol. The second-order valence-electron chi connectivity index (χ2n) is 6.44. The van der Waals surface area contributed by atoms with Crippen molar-refractivity contribution in [3.63, 3.8) is 0 Å². The van der Waals surface area contributed by atoms with Crippen molar-refractivity contribution in [3.05, 3.63) is 47.8 Å². The third-order valence-corrected chi connectivity index (χ3v) is 4.92. The Morgan fingerprint density at radius 2 is 2.26 bits per heavy atom. The largest absolute Gasteiger partial charge is 0.352 e. The number of fused-ring (bicyclic) bond motifs is 2. The molecule has 0 saturated heterocycles. The molecule has 0 unspecified atom stereocenters. The SMILES string of the molecule is Cc1nnnn1-c1cccc(C(=O)NC[C@H]2C[C@H]3C=C[C@H]2C3)c1. The molecule has 0 radical (unpaired) electrons. The highest BCUT2D eigenvalue weighted by Gasteiger charge is 2.35. The van der Waals surface area contributed by atoms with Crippen molar-refractivity contribution in [2.24, 2.45) is 17.8 Å². The molecule has 2 aromatic rings. The molecule has 1 fully saturated rings. The molecular formula is C17H19N5O. The zero-order valence-electron chi connectivity index (χ0n) is 13.0. The lowest BCUT2D eigenvalue weighted by Gasteiger charge is -2.18. The summed E-state index contributed by atoms with van der Waals surface area (Å²) in [5, 5.41) is 14.5. The van der Waals surface area contributed by atoms with E-state index < -0.39 is 0 Å². The van der Waals surface area contributed by atoms with Crippen LogP contribution in [0.15, 0.2) is 36.4 Å². The van der Waals surface area contributed by atoms with Crippen molar-refractivity contribution in [2.75, 3.05) is 6.54 Å². The summed E-state index contributed by atoms with van der Waals surface area (Å²) in [5.41, 5.74) is 1.43. The molecule has 1 saturated carbocycles. The maximum atomic E-state index is 12.4. The lowest BCUT2D eigenvalue weighted by atomic mass is 9.93. The number of aryl methyl sites for hydroxylation is 1. The first-order chi connectivity index (χ1) is 11.2. The van der Waals surface area contributed by atoms with Gasteiger partial charge in [-0.1, -0.05) is 18.2 Å². The molecule has 6 heteroatoms. The highest BCUT2D eigenvalue weighted by atomic mass is 16.1. The molecule has 3 atom stereocenters. The highest BCUT2D eigenvalue weighted by molar-refractivity contribution is 5.94. The number of nitrogens with one attached hydrogen (secondary N) is 1. The molecule has 1 amide bonds. The number of nitrogens with zero attached hydrogens (tertiary/aromatic N) is 4. The number of hydrogen-bond donors (Lipinski definition) is 1. The Kier molecular flexibility index (Phi) is 3.44. The Bertz CT molecular complexity index is 766. The van der Waals surface area contributed by atoms with Gasteiger partial charge in [0.15, 0.2) is 5.82 Å². The Labute approximate surface area is 134 Å². The van der Waals surface area contributed by atoms with Crippen molar-refractivity contribution < 1.29 is 4.79 Å². The van der Waals surface area contributed by atoms with Gasteiger partial charge in [-0.25, -0.2) is 0 Å². The summed E-state index contributed by atoms with van der Waals surface area (Å²) in [6, 6.07) is 7.38. The maximum Gasteiger partial charge on any atom is 0.251 e. The minimum absolute atomic E-state index is 0.0377. The number of allylic oxidation sites excluding steroid dienone is 2. The molecule has 6 nitrogen and oxygen atoms in total. The summed E-state index contributed by atoms with van der Waals surface area (Å²) >= 11 is 0. The van der Waals surface area contributed by atoms with E-state index in [2.05, 4.69) is 33.0 Å². The van der Waals surface area contributed by atoms with Gasteiger partial charge in [-0.05, 0) is 66.1 Å². The molecule has 1 aromatic carbocycles. The number of carbonyl (C=O) groups is 1. The number of carbonyl (C=O) groups excluding carboxylic acids is 1. The lowest BCUT2D eigenvalue weighted by Crippen LogP contribution is -2.31. The number of rotatable bonds is 4. The summed E-state index contributed by atoms with van der Waals surface area (Å²) in [5.74, 6) is 2.61. The van der Waals surface area contributed by atoms with Crippen molar-refractivity contribution in [2.45, 2.75) is 19.8 Å². The van der Waals surface area contributed by atoms with Gasteiger partial charge in [0.25, 0.3) is 5.91 Å². The average molecular weight is 309 g/mol. The van der Waals surface area contributed by atoms with Crippen LogP contribution in [0.1, 0.15) is 29.0 Å². The molecule has 1 aromatic heterocycles. The van der Waals surface area contributed by atoms with Crippen LogP contribution in [-0.4, -0.2) is 32.7 Å². The zero-order chi connectivity index (χ0) is 15.8. The molecule has 0 spiro atoms. The van der Waals surface area contributed by atoms with Crippen LogP contribution in [0, 0.1) is 24.7 Å². The van der Waals surface area contributed by atoms with E-state index in [1.807, 2.05) is 31.2 Å². The van der Waals surface area contributed by atoms with E-state index in [0.717, 1.165) is 18.2 Å². The van der Waals surface area contributed by atoms with E-state index in [1.165, 1.54) is 12.8 Å². The summed E-state index contributed by atoms with van der Waals surface area (Å²) in [4.78, 5) is 12.4. The topological polar surface area (TPSA) is 72.7 Å². The number of hydrogen-bond acceptors (Lipinski definition) is 4. The summed E-state index contributed by atoms with van der Waals surface area (Å²) in [7, 11) is 0. The first kappa shape index (κ1) is 14.1. The fourth-order valence-corrected chi connectivity index (χ4v) is 3.70. The lowest BCUT2D eigenvalue weighted by molar-refractivity contribution is 0.0945. The number of aromatic nitrogens is 4. The van der Waals surface area contributed by atoms with Gasteiger partial charge in [-0.2, -0.15) is 4.68 Å². The Hall–Kier alpha value is -2.50. The number of benzene rings is 1. The third-order valence-electron chi connectivity index (χ3n) is 4.92. The van der Waals surface area contributed by atoms with Crippen LogP contribution < -0.4 is 5.32 Å². The molecule has 1 N–H and O–H groups in total. The quantitative estimate of drug-likeness (QED) is 0.876. The van der Waals surface area contributed by atoms with Crippen LogP contribution in [-0.2, 0) is 0 Å². The molecular weight excluding hydrogens is 290 g/mol. The maximum absolute atomic E-state index is 12.4. The van der Waals surface area contributed by atoms with Crippen molar-refractivity contribution >= 4 is 5.91 Å². The van der Waals surface area contributed by atoms with Gasteiger partial charge in [-0.15, -0.1) is 5.10 Å². The van der Waals surface area contributed by atoms with Gasteiger partial charge < -0.3 is 5.32 Å². The van der Waals surface area contributed by atoms with Gasteiger partial charge in [0.1, 0.15) is 0 Å². The minimum Gasteiger partial charge on any atom is -0.352 e. The Morgan fingerprint density at radius 3 is 2.96 bits per heavy atom. The molecule has 2 aliphatic carbocycles. The van der Waals surface area contributed by atoms with Crippen molar-refractivity contribution in [3.8, 4) is 5.69 Å². The molecule has 1 heterocycles. The van der Waals surface area contributed by atoms with E-state index >= 15 is 0 Å². The average Bonchev–Trinajstić information content (AvgIpc) is 3.29. The Morgan fingerprint density at radius 1 is 1.35 bits per heavy atom. The highest BCUT2D eigenvalue weighted by Crippen LogP contribution is 2.42. The third kappa shape index (κ3) is 2.65. The first-order valence-electron chi connectivity index (χ1n) is 8.02. The molecule has 2 bridgehead atoms. The summed E-state index contributed by atoms with van der Waals surface area (Å²) in [6.45, 7) is 2.58. The second kappa shape index (κ2) is 5.61. The smallest absolute Gasteiger partial charge is 0.251 e. The van der Waals surface area contributed by atoms with E-state index in [-0.39, 0.29) is 5.91 Å². The fourth-order valence-electron chi connectivity index (χ4n) is 3.70. The van der Waals surface area contributed by atoms with Crippen LogP contribution in [0.2, 0.25) is 0 Å². The molecule has 0 aliphatic heterocycles. The number of amides is 1. The van der Waals surface area contributed by atoms with Crippen molar-refractivity contribution in [1.82, 2.24) is 25.5 Å². The van der Waals surface area contributed by atoms with Gasteiger partial charge in [-0.3, -0.25) is 4.79 Å². The standard InChI is InChI=1S/C17H19N5O/c1-11-19-20-21-22(11)16-4-2-3-14(9-16)17(23)18-10-15-8-12-5-6-13(15)7-12/h2-6,9,12-13,15H,7-8,10H2,1H3,(H,18,23)/t12-,13-,15+/m0/s1. The van der Waals surface area contributed by atoms with E-state index in [1.54, 1.807) is 4.68 Å². The van der Waals surface area contributed by atoms with E-state index in [4.69, 9.17) is 0 Å². The van der Waals surface area contributed by atoms with Crippen LogP contribution in [0.5, 0.6) is 0 Å². The first-order valence-corrected chi connectivity index (χ1v) is 8.02. The van der Waals surface area contributed by atoms with Crippen LogP contribution >= 0.6 is 0 Å². The minimum atomic E-state index is -0.0377. The second-order valence-corrected chi connectivity index (χ2v) is 6.44. The van der Waals surface area contributed by atoms with Crippen LogP contribution in [0.3, 0.4) is 0 Å². The van der Waals surface area contributed by atoms with Gasteiger partial charge in [0.05, 0.1) is 5.69 Å². The van der Waals surface area contributed by atoms with Gasteiger partial charge in [0, 0.05) is 12.1 Å². The molecule has 23 heavy (non-hydrogen) atoms. The van der Waals surface area contributed by atoms with E-state index in [0.29, 0.717) is 23.2 Å². The molecule has 4 rings (SSSR count). The van der Waals surface area contributed by atoms with Crippen LogP contribution in [0.4, 0.5) is 0 Å². The van der Waals surface area contributed by atoms with Gasteiger partial charge in [0.2, 0.25) is 0 Å². The normalized spacial score (nSPS) is 25.0. The predicted molar refractivity (Wildman–Crippen MR) is 85.1 cm³/mol. The predicted octanol–water partition coefficient (Wildman–Crippen LogP) is 1.91. The summed E-state index contributed by atoms with van der Waals surface area (Å²) < 4.78 is 1.62. The van der Waals surface area contributed by atoms with Gasteiger partial charge >= 0.3 is 0 Å². The van der Waals surface area contributed by atoms with Crippen LogP contribution in [0.25, 0.3) is 5.69 Å². The zero-order valence-corrected chi connectivity index (χ0v) is 13.0.